The molecule has 10 nitrogen and oxygen atoms in total. The Morgan fingerprint density at radius 2 is 1.14 bits per heavy atom. The Morgan fingerprint density at radius 1 is 0.667 bits per heavy atom. The Morgan fingerprint density at radius 3 is 1.62 bits per heavy atom. The lowest BCUT2D eigenvalue weighted by molar-refractivity contribution is -0.141. The summed E-state index contributed by atoms with van der Waals surface area (Å²) in [5.41, 5.74) is 0. The topological polar surface area (TPSA) is 146 Å². The molecule has 0 radical (unpaired) electrons. The molecule has 0 aliphatic heterocycles. The van der Waals surface area contributed by atoms with Crippen LogP contribution in [0, 0.1) is 23.7 Å². The maximum atomic E-state index is 13.4. The molecular weight excluding hydrogens is 865 g/mol. The molecule has 380 valence electrons. The van der Waals surface area contributed by atoms with E-state index in [1.54, 1.807) is 6.08 Å². The number of ether oxygens (including phenoxy) is 2. The van der Waals surface area contributed by atoms with Gasteiger partial charge in [0.1, 0.15) is 11.6 Å². The maximum absolute atomic E-state index is 13.4. The van der Waals surface area contributed by atoms with E-state index in [9.17, 15) is 29.4 Å². The third-order valence-corrected chi connectivity index (χ3v) is 23.3. The largest absolute Gasteiger partial charge is 0.469 e. The molecule has 0 heterocycles. The number of ketones is 2. The molecule has 0 saturated heterocycles. The third-order valence-electron chi connectivity index (χ3n) is 14.3. The predicted molar refractivity (Wildman–Crippen MR) is 275 cm³/mol. The van der Waals surface area contributed by atoms with Crippen molar-refractivity contribution in [1.82, 2.24) is 0 Å². The molecule has 0 spiro atoms. The van der Waals surface area contributed by atoms with E-state index in [0.29, 0.717) is 44.3 Å². The van der Waals surface area contributed by atoms with Gasteiger partial charge in [-0.15, -0.1) is 0 Å². The summed E-state index contributed by atoms with van der Waals surface area (Å²) < 4.78 is 23.1. The Balaban J connectivity index is 0.000000722. The van der Waals surface area contributed by atoms with Crippen molar-refractivity contribution in [2.75, 3.05) is 14.2 Å². The van der Waals surface area contributed by atoms with Gasteiger partial charge in [-0.05, 0) is 87.6 Å². The number of hydrogen-bond acceptors (Lipinski definition) is 10. The highest BCUT2D eigenvalue weighted by Gasteiger charge is 2.47. The molecule has 2 saturated carbocycles. The van der Waals surface area contributed by atoms with Crippen LogP contribution in [0.3, 0.4) is 0 Å². The first-order valence-corrected chi connectivity index (χ1v) is 31.2. The molecule has 12 heteroatoms. The number of Topliss-reactive ketones (excluding diaryl/α,β-unsaturated/α-hetero) is 2. The fourth-order valence-corrected chi connectivity index (χ4v) is 10.6. The van der Waals surface area contributed by atoms with Crippen LogP contribution in [0.2, 0.25) is 36.3 Å². The standard InChI is InChI=1S/C33H62O5Si2.C21H34O5/c1-13-14-17-20-26(37-39(9,10)32(2,3)4)23-24-28-27(21-18-15-16-19-22-31(35)36-8)29(34)25-30(28)38-40(11,12)33(5,6)7;1-3-4-7-10-16(22)13-14-18-17(19(23)15-20(18)24)11-8-5-6-9-12-21(25)26-2/h15,18,23-24,26-28,30H,13-14,16-17,19-22,25H2,1-12H3;5,8,13-14,16-18,20,22,24H,3-4,6-7,9-12,15H2,1-2H3/b18-15-,24-23+;8-5-,14-13+/t26?,27-,28-,30?;16?,17-,18-,20?/m11/s1. The molecule has 0 aromatic rings. The van der Waals surface area contributed by atoms with Crippen LogP contribution < -0.4 is 0 Å². The highest BCUT2D eigenvalue weighted by Crippen LogP contribution is 2.44. The molecule has 2 aliphatic rings. The van der Waals surface area contributed by atoms with Crippen LogP contribution in [-0.4, -0.2) is 89.0 Å². The average Bonchev–Trinajstić information content (AvgIpc) is 3.67. The fourth-order valence-electron chi connectivity index (χ4n) is 7.92. The first-order valence-electron chi connectivity index (χ1n) is 25.4. The third kappa shape index (κ3) is 22.7. The number of methoxy groups -OCH3 is 2. The van der Waals surface area contributed by atoms with E-state index >= 15 is 0 Å². The number of esters is 2. The number of aliphatic hydroxyl groups excluding tert-OH is 2. The Kier molecular flexibility index (Phi) is 28.8. The lowest BCUT2D eigenvalue weighted by Crippen LogP contribution is -2.45. The maximum Gasteiger partial charge on any atom is 0.305 e. The fraction of sp³-hybridized carbons (Fsp3) is 0.778. The number of carbonyl (C=O) groups is 4. The first kappa shape index (κ1) is 61.5. The summed E-state index contributed by atoms with van der Waals surface area (Å²) in [6, 6.07) is 0. The highest BCUT2D eigenvalue weighted by molar-refractivity contribution is 6.74. The minimum atomic E-state index is -2.05. The van der Waals surface area contributed by atoms with Gasteiger partial charge in [-0.3, -0.25) is 19.2 Å². The second kappa shape index (κ2) is 30.9. The van der Waals surface area contributed by atoms with Crippen LogP contribution in [-0.2, 0) is 37.5 Å². The Bertz CT molecular complexity index is 1550. The van der Waals surface area contributed by atoms with Gasteiger partial charge in [0.15, 0.2) is 16.6 Å². The molecule has 8 atom stereocenters. The van der Waals surface area contributed by atoms with E-state index in [0.717, 1.165) is 57.8 Å². The monoisotopic (exact) mass is 961 g/mol. The lowest BCUT2D eigenvalue weighted by Gasteiger charge is -2.40. The summed E-state index contributed by atoms with van der Waals surface area (Å²) in [6.07, 6.45) is 29.3. The minimum Gasteiger partial charge on any atom is -0.469 e. The van der Waals surface area contributed by atoms with Crippen molar-refractivity contribution >= 4 is 40.1 Å². The zero-order valence-electron chi connectivity index (χ0n) is 44.1. The van der Waals surface area contributed by atoms with Gasteiger partial charge in [0.2, 0.25) is 0 Å². The van der Waals surface area contributed by atoms with Crippen molar-refractivity contribution in [3.63, 3.8) is 0 Å². The van der Waals surface area contributed by atoms with Crippen molar-refractivity contribution in [3.05, 3.63) is 48.6 Å². The van der Waals surface area contributed by atoms with Crippen LogP contribution in [0.5, 0.6) is 0 Å². The van der Waals surface area contributed by atoms with Gasteiger partial charge in [-0.25, -0.2) is 0 Å². The van der Waals surface area contributed by atoms with E-state index in [4.69, 9.17) is 13.6 Å². The molecule has 0 aromatic heterocycles. The normalized spacial score (nSPS) is 23.0. The van der Waals surface area contributed by atoms with Crippen LogP contribution in [0.4, 0.5) is 0 Å². The van der Waals surface area contributed by atoms with Crippen molar-refractivity contribution in [3.8, 4) is 0 Å². The van der Waals surface area contributed by atoms with E-state index < -0.39 is 28.8 Å². The molecule has 0 bridgehead atoms. The minimum absolute atomic E-state index is 0.0398. The Labute approximate surface area is 404 Å². The van der Waals surface area contributed by atoms with Crippen LogP contribution in [0.1, 0.15) is 171 Å². The Hall–Kier alpha value is -2.49. The number of allylic oxidation sites excluding steroid dienone is 4. The number of hydrogen-bond donors (Lipinski definition) is 2. The lowest BCUT2D eigenvalue weighted by atomic mass is 9.90. The highest BCUT2D eigenvalue weighted by atomic mass is 28.4. The van der Waals surface area contributed by atoms with Gasteiger partial charge in [0.25, 0.3) is 0 Å². The van der Waals surface area contributed by atoms with Gasteiger partial charge in [0, 0.05) is 49.4 Å². The van der Waals surface area contributed by atoms with Gasteiger partial charge >= 0.3 is 11.9 Å². The molecule has 66 heavy (non-hydrogen) atoms. The van der Waals surface area contributed by atoms with Crippen LogP contribution in [0.25, 0.3) is 0 Å². The molecule has 2 aliphatic carbocycles. The predicted octanol–water partition coefficient (Wildman–Crippen LogP) is 12.7. The second-order valence-corrected chi connectivity index (χ2v) is 31.3. The van der Waals surface area contributed by atoms with Crippen molar-refractivity contribution in [2.24, 2.45) is 23.7 Å². The molecule has 0 aromatic carbocycles. The van der Waals surface area contributed by atoms with E-state index in [-0.39, 0.29) is 70.1 Å². The van der Waals surface area contributed by atoms with Gasteiger partial charge < -0.3 is 28.5 Å². The molecule has 4 unspecified atom stereocenters. The summed E-state index contributed by atoms with van der Waals surface area (Å²) in [7, 11) is -1.20. The number of rotatable bonds is 28. The quantitative estimate of drug-likeness (QED) is 0.0336. The number of carbonyl (C=O) groups excluding carboxylic acids is 4. The number of unbranched alkanes of at least 4 members (excludes halogenated alkanes) is 6. The summed E-state index contributed by atoms with van der Waals surface area (Å²) in [5, 5.41) is 20.4. The summed E-state index contributed by atoms with van der Waals surface area (Å²) >= 11 is 0. The molecular formula is C54H96O10Si2. The summed E-state index contributed by atoms with van der Waals surface area (Å²) in [5.74, 6) is -0.537. The molecule has 2 N–H and O–H groups in total. The van der Waals surface area contributed by atoms with Crippen molar-refractivity contribution in [2.45, 2.75) is 232 Å². The van der Waals surface area contributed by atoms with E-state index in [1.165, 1.54) is 27.1 Å². The van der Waals surface area contributed by atoms with E-state index in [1.807, 2.05) is 18.2 Å². The zero-order valence-corrected chi connectivity index (χ0v) is 46.1. The van der Waals surface area contributed by atoms with Gasteiger partial charge in [-0.2, -0.15) is 0 Å². The van der Waals surface area contributed by atoms with Crippen molar-refractivity contribution < 1.29 is 47.7 Å². The van der Waals surface area contributed by atoms with Crippen LogP contribution in [0.15, 0.2) is 48.6 Å². The van der Waals surface area contributed by atoms with E-state index in [2.05, 4.69) is 111 Å². The SMILES string of the molecule is CCCCCC(/C=C/[C@H]1C(O[Si](C)(C)C(C)(C)C)CC(=O)[C@@H]1C/C=C\CCCC(=O)OC)O[Si](C)(C)C(C)(C)C.CCCCCC(O)/C=C/[C@H]1C(O)CC(=O)[C@@H]1C/C=C\CCCC(=O)OC. The summed E-state index contributed by atoms with van der Waals surface area (Å²) in [6.45, 7) is 27.2. The first-order chi connectivity index (χ1) is 30.8. The van der Waals surface area contributed by atoms with Gasteiger partial charge in [-0.1, -0.05) is 143 Å². The van der Waals surface area contributed by atoms with Gasteiger partial charge in [0.05, 0.1) is 38.6 Å². The molecule has 2 rings (SSSR count). The smallest absolute Gasteiger partial charge is 0.305 e. The zero-order chi connectivity index (χ0) is 50.1. The number of aliphatic hydroxyl groups is 2. The summed E-state index contributed by atoms with van der Waals surface area (Å²) in [4.78, 5) is 48.0. The van der Waals surface area contributed by atoms with Crippen molar-refractivity contribution in [1.29, 1.82) is 0 Å². The van der Waals surface area contributed by atoms with Crippen LogP contribution >= 0.6 is 0 Å². The second-order valence-electron chi connectivity index (χ2n) is 21.8. The average molecular weight is 962 g/mol. The molecule has 2 fully saturated rings. The molecule has 0 amide bonds.